The molecule has 0 bridgehead atoms. The van der Waals surface area contributed by atoms with Gasteiger partial charge in [0, 0.05) is 6.61 Å². The number of rotatable bonds is 29. The summed E-state index contributed by atoms with van der Waals surface area (Å²) in [6.07, 6.45) is 17.0. The second-order valence-corrected chi connectivity index (χ2v) is 16.5. The second-order valence-electron chi connectivity index (χ2n) is 15.0. The number of aromatic nitrogens is 3. The number of phosphoric acid groups is 1. The minimum atomic E-state index is -4.67. The van der Waals surface area contributed by atoms with Crippen LogP contribution in [0.2, 0.25) is 0 Å². The van der Waals surface area contributed by atoms with Gasteiger partial charge in [-0.05, 0) is 43.2 Å². The summed E-state index contributed by atoms with van der Waals surface area (Å²) in [5.74, 6) is 0.227. The summed E-state index contributed by atoms with van der Waals surface area (Å²) < 4.78 is 43.0. The molecule has 4 rings (SSSR count). The van der Waals surface area contributed by atoms with Gasteiger partial charge in [0.05, 0.1) is 43.8 Å². The number of aliphatic hydroxyl groups is 2. The maximum Gasteiger partial charge on any atom is 0.472 e. The summed E-state index contributed by atoms with van der Waals surface area (Å²) in [7, 11) is -4.67. The summed E-state index contributed by atoms with van der Waals surface area (Å²) in [5.41, 5.74) is 6.64. The number of nitrogen functional groups attached to an aromatic ring is 1. The molecule has 0 spiro atoms. The molecule has 3 heterocycles. The number of aliphatic hydroxyl groups excluding tert-OH is 2. The fourth-order valence-electron chi connectivity index (χ4n) is 7.09. The fraction of sp³-hybridized carbons (Fsp3) is 0.683. The molecule has 2 aromatic heterocycles. The van der Waals surface area contributed by atoms with Crippen LogP contribution in [0.25, 0.3) is 5.52 Å². The highest BCUT2D eigenvalue weighted by molar-refractivity contribution is 7.47. The predicted octanol–water partition coefficient (Wildman–Crippen LogP) is 7.52. The van der Waals surface area contributed by atoms with Gasteiger partial charge in [0.15, 0.2) is 5.82 Å². The van der Waals surface area contributed by atoms with Gasteiger partial charge in [0.2, 0.25) is 0 Å². The van der Waals surface area contributed by atoms with E-state index >= 15 is 0 Å². The molecule has 56 heavy (non-hydrogen) atoms. The van der Waals surface area contributed by atoms with E-state index in [0.29, 0.717) is 23.4 Å². The number of benzene rings is 1. The first-order valence-electron chi connectivity index (χ1n) is 20.5. The highest BCUT2D eigenvalue weighted by atomic mass is 31.2. The third-order valence-electron chi connectivity index (χ3n) is 10.5. The number of hydrogen-bond donors (Lipinski definition) is 4. The molecule has 0 saturated carbocycles. The van der Waals surface area contributed by atoms with Crippen molar-refractivity contribution in [2.45, 2.75) is 153 Å². The van der Waals surface area contributed by atoms with Crippen LogP contribution in [0.1, 0.15) is 133 Å². The molecule has 0 aliphatic carbocycles. The maximum absolute atomic E-state index is 13.0. The zero-order valence-electron chi connectivity index (χ0n) is 33.3. The van der Waals surface area contributed by atoms with Gasteiger partial charge in [-0.25, -0.2) is 14.1 Å². The first kappa shape index (κ1) is 45.7. The maximum atomic E-state index is 13.0. The average molecular weight is 802 g/mol. The van der Waals surface area contributed by atoms with E-state index in [1.807, 2.05) is 6.07 Å². The lowest BCUT2D eigenvalue weighted by Gasteiger charge is -2.27. The molecule has 5 N–H and O–H groups in total. The molecule has 1 unspecified atom stereocenters. The van der Waals surface area contributed by atoms with Gasteiger partial charge in [-0.15, -0.1) is 0 Å². The van der Waals surface area contributed by atoms with E-state index in [-0.39, 0.29) is 25.6 Å². The third-order valence-corrected chi connectivity index (χ3v) is 11.4. The third kappa shape index (κ3) is 14.5. The number of nitrogens with zero attached hydrogens (tertiary/aromatic N) is 4. The van der Waals surface area contributed by atoms with Crippen LogP contribution >= 0.6 is 7.82 Å². The number of anilines is 1. The number of ether oxygens (including phenoxy) is 3. The monoisotopic (exact) mass is 801 g/mol. The van der Waals surface area contributed by atoms with Crippen molar-refractivity contribution in [1.82, 2.24) is 14.6 Å². The van der Waals surface area contributed by atoms with Gasteiger partial charge < -0.3 is 35.1 Å². The van der Waals surface area contributed by atoms with Crippen LogP contribution < -0.4 is 5.73 Å². The number of nitrogens with two attached hydrogens (primary N) is 1. The summed E-state index contributed by atoms with van der Waals surface area (Å²) in [4.78, 5) is 14.6. The van der Waals surface area contributed by atoms with Crippen molar-refractivity contribution in [1.29, 1.82) is 5.26 Å². The Kier molecular flexibility index (Phi) is 19.7. The van der Waals surface area contributed by atoms with E-state index in [0.717, 1.165) is 24.8 Å². The molecule has 14 nitrogen and oxygen atoms in total. The molecule has 312 valence electrons. The minimum absolute atomic E-state index is 0.116. The second kappa shape index (κ2) is 24.1. The molecule has 0 amide bonds. The van der Waals surface area contributed by atoms with E-state index in [2.05, 4.69) is 23.1 Å². The van der Waals surface area contributed by atoms with E-state index in [1.54, 1.807) is 37.3 Å². The van der Waals surface area contributed by atoms with Crippen molar-refractivity contribution in [2.75, 3.05) is 32.2 Å². The smallest absolute Gasteiger partial charge is 0.387 e. The van der Waals surface area contributed by atoms with Crippen LogP contribution in [0.4, 0.5) is 5.82 Å². The number of hydrogen-bond acceptors (Lipinski definition) is 12. The standard InChI is InChI=1S/C41H64N5O9P/c1-3-4-5-6-7-8-9-10-11-12-13-14-15-16-17-18-24-51-28-34(52-27-33-21-19-20-32(25-33)26-42)29-53-56(49,50)54-30-36-38(47)39(48)41(2,55-36)37-23-22-35-40(43)44-31-45-46(35)37/h19-23,25,31,34,36,38-39,47-48H,3-18,24,27-30H2,1-2H3,(H,49,50)(H2,43,44,45)/t34-,36-,38-,39-,41+/m1/s1. The lowest BCUT2D eigenvalue weighted by atomic mass is 9.93. The van der Waals surface area contributed by atoms with Crippen molar-refractivity contribution in [3.05, 3.63) is 59.5 Å². The SMILES string of the molecule is CCCCCCCCCCCCCCCCCCOC[C@H](COP(=O)(O)OC[C@H]1O[C@@](C)(c2ccc3c(N)ncnn23)[C@H](O)[C@@H]1O)OCc1cccc(C#N)c1. The Bertz CT molecular complexity index is 1670. The Balaban J connectivity index is 1.16. The molecule has 3 aromatic rings. The molecular weight excluding hydrogens is 737 g/mol. The van der Waals surface area contributed by atoms with Crippen LogP contribution in [0.3, 0.4) is 0 Å². The van der Waals surface area contributed by atoms with Crippen molar-refractivity contribution >= 4 is 19.2 Å². The molecule has 1 aliphatic rings. The van der Waals surface area contributed by atoms with Gasteiger partial charge in [-0.1, -0.05) is 115 Å². The molecule has 1 aliphatic heterocycles. The van der Waals surface area contributed by atoms with E-state index in [4.69, 9.17) is 29.0 Å². The van der Waals surface area contributed by atoms with Gasteiger partial charge in [-0.3, -0.25) is 9.05 Å². The van der Waals surface area contributed by atoms with Gasteiger partial charge in [0.1, 0.15) is 41.9 Å². The van der Waals surface area contributed by atoms with Gasteiger partial charge in [-0.2, -0.15) is 10.4 Å². The molecule has 1 aromatic carbocycles. The average Bonchev–Trinajstić information content (AvgIpc) is 3.74. The van der Waals surface area contributed by atoms with Crippen LogP contribution in [0.5, 0.6) is 0 Å². The lowest BCUT2D eigenvalue weighted by Crippen LogP contribution is -2.39. The largest absolute Gasteiger partial charge is 0.472 e. The van der Waals surface area contributed by atoms with E-state index in [1.165, 1.54) is 94.3 Å². The molecule has 15 heteroatoms. The molecule has 1 saturated heterocycles. The Labute approximate surface area is 332 Å². The highest BCUT2D eigenvalue weighted by Gasteiger charge is 2.54. The van der Waals surface area contributed by atoms with Crippen molar-refractivity contribution in [2.24, 2.45) is 0 Å². The number of fused-ring (bicyclic) bond motifs is 1. The van der Waals surface area contributed by atoms with E-state index in [9.17, 15) is 24.9 Å². The van der Waals surface area contributed by atoms with Crippen LogP contribution in [0, 0.1) is 11.3 Å². The molecular formula is C41H64N5O9P. The Morgan fingerprint density at radius 3 is 2.23 bits per heavy atom. The minimum Gasteiger partial charge on any atom is -0.387 e. The predicted molar refractivity (Wildman–Crippen MR) is 213 cm³/mol. The normalized spacial score (nSPS) is 21.3. The first-order valence-corrected chi connectivity index (χ1v) is 22.0. The van der Waals surface area contributed by atoms with Gasteiger partial charge >= 0.3 is 7.82 Å². The van der Waals surface area contributed by atoms with Crippen molar-refractivity contribution in [3.63, 3.8) is 0 Å². The molecule has 6 atom stereocenters. The zero-order chi connectivity index (χ0) is 40.2. The van der Waals surface area contributed by atoms with Crippen molar-refractivity contribution in [3.8, 4) is 6.07 Å². The number of nitriles is 1. The first-order chi connectivity index (χ1) is 27.1. The van der Waals surface area contributed by atoms with Crippen LogP contribution in [-0.4, -0.2) is 80.5 Å². The Morgan fingerprint density at radius 1 is 0.946 bits per heavy atom. The van der Waals surface area contributed by atoms with Gasteiger partial charge in [0.25, 0.3) is 0 Å². The summed E-state index contributed by atoms with van der Waals surface area (Å²) in [6, 6.07) is 12.4. The fourth-order valence-corrected chi connectivity index (χ4v) is 7.86. The summed E-state index contributed by atoms with van der Waals surface area (Å²) in [6.45, 7) is 3.72. The Morgan fingerprint density at radius 2 is 1.59 bits per heavy atom. The highest BCUT2D eigenvalue weighted by Crippen LogP contribution is 2.46. The number of phosphoric ester groups is 1. The summed E-state index contributed by atoms with van der Waals surface area (Å²) in [5, 5.41) is 35.3. The lowest BCUT2D eigenvalue weighted by molar-refractivity contribution is -0.0901. The molecule has 1 fully saturated rings. The summed E-state index contributed by atoms with van der Waals surface area (Å²) >= 11 is 0. The van der Waals surface area contributed by atoms with Crippen LogP contribution in [-0.2, 0) is 40.0 Å². The Hall–Kier alpha value is -2.96. The van der Waals surface area contributed by atoms with Crippen molar-refractivity contribution < 1.29 is 42.9 Å². The topological polar surface area (TPSA) is 204 Å². The van der Waals surface area contributed by atoms with E-state index < -0.39 is 44.4 Å². The quantitative estimate of drug-likeness (QED) is 0.0397. The van der Waals surface area contributed by atoms with Crippen LogP contribution in [0.15, 0.2) is 42.7 Å². The zero-order valence-corrected chi connectivity index (χ0v) is 34.2. The number of unbranched alkanes of at least 4 members (excludes halogenated alkanes) is 15. The molecule has 0 radical (unpaired) electrons.